The maximum atomic E-state index is 5.87. The smallest absolute Gasteiger partial charge is 0.104 e. The number of ether oxygens (including phenoxy) is 7. The molecule has 1 aromatic carbocycles. The average molecular weight is 398 g/mol. The summed E-state index contributed by atoms with van der Waals surface area (Å²) in [6.45, 7) is 7.19. The van der Waals surface area contributed by atoms with Gasteiger partial charge in [-0.2, -0.15) is 0 Å². The molecule has 1 aliphatic rings. The summed E-state index contributed by atoms with van der Waals surface area (Å²) < 4.78 is 39.4. The summed E-state index contributed by atoms with van der Waals surface area (Å²) in [6, 6.07) is 10.1. The Labute approximate surface area is 168 Å². The number of rotatable bonds is 4. The minimum Gasteiger partial charge on any atom is -0.379 e. The van der Waals surface area contributed by atoms with Crippen molar-refractivity contribution in [3.05, 3.63) is 35.9 Å². The summed E-state index contributed by atoms with van der Waals surface area (Å²) in [7, 11) is 0. The highest BCUT2D eigenvalue weighted by atomic mass is 16.6. The second-order valence-electron chi connectivity index (χ2n) is 6.37. The Balaban J connectivity index is 1.67. The number of hydrogen-bond acceptors (Lipinski definition) is 7. The molecule has 1 heterocycles. The van der Waals surface area contributed by atoms with Crippen molar-refractivity contribution in [2.24, 2.45) is 0 Å². The highest BCUT2D eigenvalue weighted by molar-refractivity contribution is 5.13. The van der Waals surface area contributed by atoms with Crippen LogP contribution in [-0.4, -0.2) is 85.4 Å². The number of hydrogen-bond donors (Lipinski definition) is 0. The fraction of sp³-hybridized carbons (Fsp3) is 0.714. The fourth-order valence-corrected chi connectivity index (χ4v) is 2.54. The lowest BCUT2D eigenvalue weighted by molar-refractivity contribution is -0.0833. The van der Waals surface area contributed by atoms with E-state index >= 15 is 0 Å². The van der Waals surface area contributed by atoms with Crippen molar-refractivity contribution >= 4 is 0 Å². The molecule has 28 heavy (non-hydrogen) atoms. The molecule has 0 spiro atoms. The Morgan fingerprint density at radius 2 is 1.25 bits per heavy atom. The van der Waals surface area contributed by atoms with Gasteiger partial charge in [-0.3, -0.25) is 0 Å². The molecule has 1 saturated heterocycles. The van der Waals surface area contributed by atoms with Crippen LogP contribution in [-0.2, 0) is 39.8 Å². The van der Waals surface area contributed by atoms with E-state index < -0.39 is 0 Å². The molecular formula is C21H34O7. The minimum absolute atomic E-state index is 0.144. The predicted octanol–water partition coefficient (Wildman–Crippen LogP) is 2.08. The van der Waals surface area contributed by atoms with Crippen LogP contribution in [0.5, 0.6) is 0 Å². The maximum absolute atomic E-state index is 5.87. The molecule has 0 bridgehead atoms. The van der Waals surface area contributed by atoms with Gasteiger partial charge in [-0.15, -0.1) is 0 Å². The SMILES string of the molecule is c1ccc(COCC2COCCOCCOCCCOCCOCCO2)cc1. The van der Waals surface area contributed by atoms with Gasteiger partial charge in [-0.25, -0.2) is 0 Å². The molecule has 1 atom stereocenters. The highest BCUT2D eigenvalue weighted by Gasteiger charge is 2.10. The molecule has 1 aliphatic heterocycles. The van der Waals surface area contributed by atoms with Crippen LogP contribution in [0.25, 0.3) is 0 Å². The third-order valence-electron chi connectivity index (χ3n) is 3.99. The molecule has 1 unspecified atom stereocenters. The van der Waals surface area contributed by atoms with Crippen LogP contribution in [0, 0.1) is 0 Å². The molecule has 160 valence electrons. The monoisotopic (exact) mass is 398 g/mol. The molecule has 0 saturated carbocycles. The lowest BCUT2D eigenvalue weighted by atomic mass is 10.2. The van der Waals surface area contributed by atoms with Gasteiger partial charge in [-0.1, -0.05) is 30.3 Å². The molecule has 0 radical (unpaired) electrons. The number of benzene rings is 1. The zero-order chi connectivity index (χ0) is 19.5. The first kappa shape index (κ1) is 23.2. The van der Waals surface area contributed by atoms with Crippen LogP contribution < -0.4 is 0 Å². The first-order chi connectivity index (χ1) is 13.9. The van der Waals surface area contributed by atoms with Crippen molar-refractivity contribution in [3.63, 3.8) is 0 Å². The van der Waals surface area contributed by atoms with Crippen LogP contribution in [0.3, 0.4) is 0 Å². The average Bonchev–Trinajstić information content (AvgIpc) is 2.72. The molecule has 0 amide bonds. The van der Waals surface area contributed by atoms with Crippen LogP contribution >= 0.6 is 0 Å². The highest BCUT2D eigenvalue weighted by Crippen LogP contribution is 2.03. The van der Waals surface area contributed by atoms with E-state index in [2.05, 4.69) is 0 Å². The quantitative estimate of drug-likeness (QED) is 0.769. The zero-order valence-electron chi connectivity index (χ0n) is 16.7. The summed E-state index contributed by atoms with van der Waals surface area (Å²) in [4.78, 5) is 0. The van der Waals surface area contributed by atoms with Crippen LogP contribution in [0.15, 0.2) is 30.3 Å². The van der Waals surface area contributed by atoms with Gasteiger partial charge in [0, 0.05) is 13.2 Å². The molecule has 0 aliphatic carbocycles. The minimum atomic E-state index is -0.144. The normalized spacial score (nSPS) is 22.6. The summed E-state index contributed by atoms with van der Waals surface area (Å²) in [5, 5.41) is 0. The molecule has 7 heteroatoms. The lowest BCUT2D eigenvalue weighted by Gasteiger charge is -2.18. The second-order valence-corrected chi connectivity index (χ2v) is 6.37. The summed E-state index contributed by atoms with van der Waals surface area (Å²) in [5.74, 6) is 0. The van der Waals surface area contributed by atoms with Gasteiger partial charge in [-0.05, 0) is 12.0 Å². The topological polar surface area (TPSA) is 64.6 Å². The molecule has 7 nitrogen and oxygen atoms in total. The van der Waals surface area contributed by atoms with Crippen molar-refractivity contribution in [3.8, 4) is 0 Å². The van der Waals surface area contributed by atoms with E-state index in [1.54, 1.807) is 0 Å². The van der Waals surface area contributed by atoms with E-state index in [9.17, 15) is 0 Å². The Kier molecular flexibility index (Phi) is 14.0. The van der Waals surface area contributed by atoms with Gasteiger partial charge in [0.05, 0.1) is 72.7 Å². The first-order valence-electron chi connectivity index (χ1n) is 10.1. The maximum Gasteiger partial charge on any atom is 0.104 e. The first-order valence-corrected chi connectivity index (χ1v) is 10.1. The Hall–Kier alpha value is -1.06. The van der Waals surface area contributed by atoms with Gasteiger partial charge in [0.2, 0.25) is 0 Å². The Bertz CT molecular complexity index is 437. The van der Waals surface area contributed by atoms with E-state index in [0.717, 1.165) is 12.0 Å². The Morgan fingerprint density at radius 1 is 0.679 bits per heavy atom. The van der Waals surface area contributed by atoms with Crippen molar-refractivity contribution < 1.29 is 33.2 Å². The van der Waals surface area contributed by atoms with Gasteiger partial charge in [0.1, 0.15) is 6.10 Å². The predicted molar refractivity (Wildman–Crippen MR) is 105 cm³/mol. The zero-order valence-corrected chi connectivity index (χ0v) is 16.7. The lowest BCUT2D eigenvalue weighted by Crippen LogP contribution is -2.28. The third kappa shape index (κ3) is 12.4. The summed E-state index contributed by atoms with van der Waals surface area (Å²) in [5.41, 5.74) is 1.14. The van der Waals surface area contributed by atoms with E-state index in [1.165, 1.54) is 0 Å². The standard InChI is InChI=1S/C21H34O7/c1-2-5-20(6-3-1)17-27-19-21-18-26-14-13-24-11-9-22-7-4-8-23-10-12-25-15-16-28-21/h1-3,5-6,21H,4,7-19H2. The Morgan fingerprint density at radius 3 is 1.93 bits per heavy atom. The van der Waals surface area contributed by atoms with Crippen LogP contribution in [0.4, 0.5) is 0 Å². The van der Waals surface area contributed by atoms with E-state index in [-0.39, 0.29) is 6.10 Å². The molecule has 1 fully saturated rings. The largest absolute Gasteiger partial charge is 0.379 e. The summed E-state index contributed by atoms with van der Waals surface area (Å²) >= 11 is 0. The van der Waals surface area contributed by atoms with Crippen molar-refractivity contribution in [1.29, 1.82) is 0 Å². The van der Waals surface area contributed by atoms with Crippen LogP contribution in [0.2, 0.25) is 0 Å². The molecule has 0 N–H and O–H groups in total. The van der Waals surface area contributed by atoms with E-state index in [1.807, 2.05) is 30.3 Å². The third-order valence-corrected chi connectivity index (χ3v) is 3.99. The molecule has 1 aromatic rings. The van der Waals surface area contributed by atoms with Crippen molar-refractivity contribution in [2.45, 2.75) is 19.1 Å². The van der Waals surface area contributed by atoms with Crippen molar-refractivity contribution in [1.82, 2.24) is 0 Å². The summed E-state index contributed by atoms with van der Waals surface area (Å²) in [6.07, 6.45) is 0.727. The second kappa shape index (κ2) is 16.9. The van der Waals surface area contributed by atoms with Gasteiger partial charge >= 0.3 is 0 Å². The van der Waals surface area contributed by atoms with Crippen molar-refractivity contribution in [2.75, 3.05) is 79.3 Å². The molecular weight excluding hydrogens is 364 g/mol. The fourth-order valence-electron chi connectivity index (χ4n) is 2.54. The van der Waals surface area contributed by atoms with Gasteiger partial charge in [0.15, 0.2) is 0 Å². The van der Waals surface area contributed by atoms with Gasteiger partial charge < -0.3 is 33.2 Å². The molecule has 2 rings (SSSR count). The molecule has 0 aromatic heterocycles. The van der Waals surface area contributed by atoms with Gasteiger partial charge in [0.25, 0.3) is 0 Å². The van der Waals surface area contributed by atoms with E-state index in [4.69, 9.17) is 33.2 Å². The van der Waals surface area contributed by atoms with E-state index in [0.29, 0.717) is 85.9 Å². The van der Waals surface area contributed by atoms with Crippen LogP contribution in [0.1, 0.15) is 12.0 Å².